The number of carbonyl (C=O) groups excluding carboxylic acids is 1. The second-order valence-electron chi connectivity index (χ2n) is 7.52. The van der Waals surface area contributed by atoms with Gasteiger partial charge in [0, 0.05) is 22.9 Å². The van der Waals surface area contributed by atoms with Crippen molar-refractivity contribution in [1.82, 2.24) is 0 Å². The number of nitrogens with two attached hydrogens (primary N) is 2. The van der Waals surface area contributed by atoms with Crippen LogP contribution in [0.1, 0.15) is 30.9 Å². The van der Waals surface area contributed by atoms with Crippen molar-refractivity contribution in [2.75, 3.05) is 5.32 Å². The lowest BCUT2D eigenvalue weighted by molar-refractivity contribution is -0.111. The van der Waals surface area contributed by atoms with Crippen molar-refractivity contribution in [3.05, 3.63) is 90.0 Å². The van der Waals surface area contributed by atoms with Crippen LogP contribution < -0.4 is 16.2 Å². The van der Waals surface area contributed by atoms with Gasteiger partial charge in [0.05, 0.1) is 4.90 Å². The summed E-state index contributed by atoms with van der Waals surface area (Å²) in [5, 5.41) is 15.8. The van der Waals surface area contributed by atoms with Gasteiger partial charge in [-0.15, -0.1) is 0 Å². The number of sulfonamides is 1. The maximum absolute atomic E-state index is 12.7. The van der Waals surface area contributed by atoms with Gasteiger partial charge >= 0.3 is 0 Å². The van der Waals surface area contributed by atoms with E-state index in [4.69, 9.17) is 16.3 Å². The molecule has 0 spiro atoms. The zero-order valence-corrected chi connectivity index (χ0v) is 19.0. The fourth-order valence-corrected chi connectivity index (χ4v) is 4.24. The zero-order valence-electron chi connectivity index (χ0n) is 18.2. The van der Waals surface area contributed by atoms with Crippen LogP contribution in [-0.2, 0) is 14.8 Å². The fourth-order valence-electron chi connectivity index (χ4n) is 3.48. The second kappa shape index (κ2) is 10.2. The van der Waals surface area contributed by atoms with Gasteiger partial charge in [0.15, 0.2) is 0 Å². The van der Waals surface area contributed by atoms with Gasteiger partial charge in [0.2, 0.25) is 15.9 Å². The van der Waals surface area contributed by atoms with Gasteiger partial charge in [-0.3, -0.25) is 10.2 Å². The molecular weight excluding hydrogens is 436 g/mol. The Bertz CT molecular complexity index is 1310. The molecule has 0 fully saturated rings. The molecule has 8 heteroatoms. The lowest BCUT2D eigenvalue weighted by Crippen LogP contribution is -2.13. The predicted molar refractivity (Wildman–Crippen MR) is 132 cm³/mol. The third kappa shape index (κ3) is 6.15. The highest BCUT2D eigenvalue weighted by molar-refractivity contribution is 7.89. The normalized spacial score (nSPS) is 11.8. The number of amidine groups is 1. The Morgan fingerprint density at radius 1 is 1.00 bits per heavy atom. The molecule has 0 heterocycles. The molecule has 0 aliphatic heterocycles. The lowest BCUT2D eigenvalue weighted by atomic mass is 9.98. The first kappa shape index (κ1) is 23.9. The summed E-state index contributed by atoms with van der Waals surface area (Å²) in [5.41, 5.74) is 9.61. The molecule has 0 saturated carbocycles. The van der Waals surface area contributed by atoms with Gasteiger partial charge in [-0.1, -0.05) is 61.9 Å². The highest BCUT2D eigenvalue weighted by atomic mass is 32.2. The topological polar surface area (TPSA) is 139 Å². The van der Waals surface area contributed by atoms with Gasteiger partial charge in [0.25, 0.3) is 0 Å². The molecule has 33 heavy (non-hydrogen) atoms. The van der Waals surface area contributed by atoms with Crippen molar-refractivity contribution in [3.8, 4) is 11.1 Å². The van der Waals surface area contributed by atoms with Crippen molar-refractivity contribution in [2.45, 2.75) is 24.7 Å². The minimum absolute atomic E-state index is 0.0266. The number of anilines is 1. The van der Waals surface area contributed by atoms with Crippen molar-refractivity contribution >= 4 is 33.0 Å². The lowest BCUT2D eigenvalue weighted by Gasteiger charge is -2.10. The van der Waals surface area contributed by atoms with E-state index in [0.717, 1.165) is 17.6 Å². The molecule has 170 valence electrons. The average Bonchev–Trinajstić information content (AvgIpc) is 2.79. The molecule has 0 aromatic heterocycles. The van der Waals surface area contributed by atoms with Crippen LogP contribution in [0.15, 0.2) is 83.8 Å². The number of hydrogen-bond acceptors (Lipinski definition) is 4. The third-order valence-electron chi connectivity index (χ3n) is 5.03. The Labute approximate surface area is 193 Å². The Balaban J connectivity index is 1.82. The second-order valence-corrected chi connectivity index (χ2v) is 9.05. The van der Waals surface area contributed by atoms with Crippen molar-refractivity contribution in [3.63, 3.8) is 0 Å². The number of hydrogen-bond donors (Lipinski definition) is 4. The SMILES string of the molecule is CCC/C(=C\C(=O)Nc1ccc(-c2ccccc2S(N)(=O)=O)cc1)c1cccc(C(=N)N)c1. The number of amides is 1. The van der Waals surface area contributed by atoms with E-state index in [9.17, 15) is 13.2 Å². The van der Waals surface area contributed by atoms with E-state index in [0.29, 0.717) is 28.8 Å². The van der Waals surface area contributed by atoms with Crippen molar-refractivity contribution in [1.29, 1.82) is 5.41 Å². The Hall–Kier alpha value is -3.75. The van der Waals surface area contributed by atoms with E-state index in [1.807, 2.05) is 19.1 Å². The Morgan fingerprint density at radius 2 is 1.67 bits per heavy atom. The van der Waals surface area contributed by atoms with Gasteiger partial charge in [-0.05, 0) is 47.4 Å². The minimum atomic E-state index is -3.86. The van der Waals surface area contributed by atoms with Crippen LogP contribution in [0, 0.1) is 5.41 Å². The van der Waals surface area contributed by atoms with Crippen molar-refractivity contribution < 1.29 is 13.2 Å². The molecule has 7 nitrogen and oxygen atoms in total. The van der Waals surface area contributed by atoms with Crippen molar-refractivity contribution in [2.24, 2.45) is 10.9 Å². The van der Waals surface area contributed by atoms with Crippen LogP contribution in [0.5, 0.6) is 0 Å². The first-order chi connectivity index (χ1) is 15.7. The highest BCUT2D eigenvalue weighted by Crippen LogP contribution is 2.28. The number of allylic oxidation sites excluding steroid dienone is 1. The first-order valence-electron chi connectivity index (χ1n) is 10.4. The van der Waals surface area contributed by atoms with Gasteiger partial charge in [-0.25, -0.2) is 13.6 Å². The maximum atomic E-state index is 12.7. The zero-order chi connectivity index (χ0) is 24.0. The molecule has 0 unspecified atom stereocenters. The fraction of sp³-hybridized carbons (Fsp3) is 0.120. The summed E-state index contributed by atoms with van der Waals surface area (Å²) in [5.74, 6) is -0.314. The molecule has 6 N–H and O–H groups in total. The highest BCUT2D eigenvalue weighted by Gasteiger charge is 2.14. The molecule has 0 bridgehead atoms. The minimum Gasteiger partial charge on any atom is -0.384 e. The molecular formula is C25H26N4O3S. The summed E-state index contributed by atoms with van der Waals surface area (Å²) in [6.45, 7) is 2.03. The van der Waals surface area contributed by atoms with E-state index in [1.165, 1.54) is 6.07 Å². The average molecular weight is 463 g/mol. The van der Waals surface area contributed by atoms with Gasteiger partial charge < -0.3 is 11.1 Å². The monoisotopic (exact) mass is 462 g/mol. The predicted octanol–water partition coefficient (Wildman–Crippen LogP) is 4.11. The Kier molecular flexibility index (Phi) is 7.42. The number of rotatable bonds is 8. The molecule has 0 aliphatic rings. The number of carbonyl (C=O) groups is 1. The van der Waals surface area contributed by atoms with E-state index in [-0.39, 0.29) is 16.6 Å². The maximum Gasteiger partial charge on any atom is 0.248 e. The summed E-state index contributed by atoms with van der Waals surface area (Å²) < 4.78 is 23.7. The molecule has 3 aromatic rings. The molecule has 0 radical (unpaired) electrons. The summed E-state index contributed by atoms with van der Waals surface area (Å²) in [6, 6.07) is 20.6. The van der Waals surface area contributed by atoms with Crippen LogP contribution in [-0.4, -0.2) is 20.2 Å². The standard InChI is InChI=1S/C25H26N4O3S/c1-2-6-18(19-7-5-8-20(15-19)25(26)27)16-24(30)29-21-13-11-17(12-14-21)22-9-3-4-10-23(22)33(28,31)32/h3-5,7-16H,2,6H2,1H3,(H3,26,27)(H,29,30)(H2,28,31,32)/b18-16+. The number of nitrogen functional groups attached to an aromatic ring is 1. The summed E-state index contributed by atoms with van der Waals surface area (Å²) in [6.07, 6.45) is 3.09. The number of nitrogens with one attached hydrogen (secondary N) is 2. The Morgan fingerprint density at radius 3 is 2.30 bits per heavy atom. The smallest absolute Gasteiger partial charge is 0.248 e. The molecule has 1 amide bonds. The molecule has 0 aliphatic carbocycles. The summed E-state index contributed by atoms with van der Waals surface area (Å²) >= 11 is 0. The summed E-state index contributed by atoms with van der Waals surface area (Å²) in [4.78, 5) is 12.7. The molecule has 3 rings (SSSR count). The third-order valence-corrected chi connectivity index (χ3v) is 6.00. The van der Waals surface area contributed by atoms with E-state index >= 15 is 0 Å². The van der Waals surface area contributed by atoms with E-state index in [2.05, 4.69) is 5.32 Å². The largest absolute Gasteiger partial charge is 0.384 e. The molecule has 3 aromatic carbocycles. The van der Waals surface area contributed by atoms with Gasteiger partial charge in [0.1, 0.15) is 5.84 Å². The van der Waals surface area contributed by atoms with E-state index in [1.54, 1.807) is 60.7 Å². The first-order valence-corrected chi connectivity index (χ1v) is 11.9. The number of primary sulfonamides is 1. The number of benzene rings is 3. The van der Waals surface area contributed by atoms with Crippen LogP contribution in [0.4, 0.5) is 5.69 Å². The van der Waals surface area contributed by atoms with Gasteiger partial charge in [-0.2, -0.15) is 0 Å². The van der Waals surface area contributed by atoms with E-state index < -0.39 is 10.0 Å². The van der Waals surface area contributed by atoms with Crippen LogP contribution in [0.3, 0.4) is 0 Å². The molecule has 0 saturated heterocycles. The molecule has 0 atom stereocenters. The van der Waals surface area contributed by atoms with Crippen LogP contribution in [0.25, 0.3) is 16.7 Å². The summed E-state index contributed by atoms with van der Waals surface area (Å²) in [7, 11) is -3.86. The quantitative estimate of drug-likeness (QED) is 0.227. The van der Waals surface area contributed by atoms with Crippen LogP contribution in [0.2, 0.25) is 0 Å². The van der Waals surface area contributed by atoms with Crippen LogP contribution >= 0.6 is 0 Å².